The number of anilines is 1. The van der Waals surface area contributed by atoms with Gasteiger partial charge in [-0.05, 0) is 67.1 Å². The normalized spacial score (nSPS) is 18.3. The van der Waals surface area contributed by atoms with Gasteiger partial charge in [-0.15, -0.1) is 4.18 Å². The maximum atomic E-state index is 13.4. The van der Waals surface area contributed by atoms with E-state index in [1.54, 1.807) is 13.2 Å². The molecule has 1 aliphatic rings. The van der Waals surface area contributed by atoms with Crippen LogP contribution in [0.3, 0.4) is 0 Å². The highest BCUT2D eigenvalue weighted by Gasteiger charge is 2.26. The van der Waals surface area contributed by atoms with Crippen LogP contribution in [-0.2, 0) is 22.0 Å². The van der Waals surface area contributed by atoms with E-state index in [4.69, 9.17) is 9.92 Å². The van der Waals surface area contributed by atoms with Crippen molar-refractivity contribution in [2.45, 2.75) is 30.1 Å². The zero-order chi connectivity index (χ0) is 16.2. The predicted octanol–water partition coefficient (Wildman–Crippen LogP) is 3.77. The number of nitrogens with one attached hydrogen (secondary N) is 1. The first-order valence-corrected chi connectivity index (χ1v) is 9.00. The molecule has 0 heterocycles. The summed E-state index contributed by atoms with van der Waals surface area (Å²) in [6, 6.07) is 12.9. The number of hydrogen-bond acceptors (Lipinski definition) is 3. The number of fused-ring (bicyclic) bond motifs is 1. The van der Waals surface area contributed by atoms with Crippen LogP contribution < -0.4 is 10.5 Å². The Balaban J connectivity index is 1.82. The van der Waals surface area contributed by atoms with Gasteiger partial charge in [-0.3, -0.25) is 0 Å². The highest BCUT2D eigenvalue weighted by atomic mass is 32.2. The van der Waals surface area contributed by atoms with Crippen molar-refractivity contribution >= 4 is 17.0 Å². The van der Waals surface area contributed by atoms with E-state index in [-0.39, 0.29) is 5.82 Å². The van der Waals surface area contributed by atoms with Crippen molar-refractivity contribution < 1.29 is 8.57 Å². The Morgan fingerprint density at radius 3 is 2.91 bits per heavy atom. The van der Waals surface area contributed by atoms with E-state index in [9.17, 15) is 4.39 Å². The molecule has 0 spiro atoms. The van der Waals surface area contributed by atoms with Gasteiger partial charge in [0.2, 0.25) is 4.90 Å². The van der Waals surface area contributed by atoms with Gasteiger partial charge < -0.3 is 5.73 Å². The minimum atomic E-state index is -0.682. The summed E-state index contributed by atoms with van der Waals surface area (Å²) in [7, 11) is 1.63. The Kier molecular flexibility index (Phi) is 5.20. The van der Waals surface area contributed by atoms with Gasteiger partial charge in [-0.2, -0.15) is 4.72 Å². The first kappa shape index (κ1) is 16.3. The molecule has 0 aliphatic heterocycles. The van der Waals surface area contributed by atoms with Crippen LogP contribution in [0.25, 0.3) is 0 Å². The molecule has 5 heteroatoms. The van der Waals surface area contributed by atoms with Gasteiger partial charge in [0.15, 0.2) is 0 Å². The van der Waals surface area contributed by atoms with E-state index in [0.29, 0.717) is 12.5 Å². The third kappa shape index (κ3) is 3.68. The van der Waals surface area contributed by atoms with Crippen LogP contribution in [0.2, 0.25) is 0 Å². The molecular weight excluding hydrogens is 311 g/mol. The Morgan fingerprint density at radius 1 is 1.30 bits per heavy atom. The monoisotopic (exact) mass is 333 g/mol. The molecule has 2 atom stereocenters. The molecule has 3 rings (SSSR count). The standard InChI is InChI=1S/C18H22FN2OS/c1-22-23(17-7-3-6-15(19)11-17)21-16-8-9-18-13(10-16)4-2-5-14(18)12-20/h3,6-11,14,21H,2,4-5,12,20H2,1H3/q+1/t14-,23?/m0/s1. The Hall–Kier alpha value is -1.56. The summed E-state index contributed by atoms with van der Waals surface area (Å²) in [6.45, 7) is 0.700. The minimum absolute atomic E-state index is 0.255. The van der Waals surface area contributed by atoms with Crippen LogP contribution in [0.4, 0.5) is 10.1 Å². The fraction of sp³-hybridized carbons (Fsp3) is 0.333. The zero-order valence-electron chi connectivity index (χ0n) is 13.2. The summed E-state index contributed by atoms with van der Waals surface area (Å²) in [5, 5.41) is 0. The second-order valence-corrected chi connectivity index (χ2v) is 7.28. The molecule has 0 amide bonds. The van der Waals surface area contributed by atoms with Crippen LogP contribution in [0.15, 0.2) is 47.4 Å². The van der Waals surface area contributed by atoms with Crippen LogP contribution >= 0.6 is 0 Å². The molecule has 2 aromatic carbocycles. The van der Waals surface area contributed by atoms with Crippen molar-refractivity contribution in [2.75, 3.05) is 18.4 Å². The van der Waals surface area contributed by atoms with E-state index in [1.165, 1.54) is 36.1 Å². The lowest BCUT2D eigenvalue weighted by Crippen LogP contribution is -2.19. The fourth-order valence-electron chi connectivity index (χ4n) is 3.11. The van der Waals surface area contributed by atoms with Crippen molar-refractivity contribution in [3.63, 3.8) is 0 Å². The first-order valence-electron chi connectivity index (χ1n) is 7.85. The third-order valence-corrected chi connectivity index (χ3v) is 5.69. The number of hydrogen-bond donors (Lipinski definition) is 2. The van der Waals surface area contributed by atoms with Crippen molar-refractivity contribution in [2.24, 2.45) is 5.73 Å². The van der Waals surface area contributed by atoms with Gasteiger partial charge in [0.25, 0.3) is 0 Å². The summed E-state index contributed by atoms with van der Waals surface area (Å²) < 4.78 is 22.3. The fourth-order valence-corrected chi connectivity index (χ4v) is 4.27. The highest BCUT2D eigenvalue weighted by Crippen LogP contribution is 2.33. The third-order valence-electron chi connectivity index (χ3n) is 4.25. The minimum Gasteiger partial charge on any atom is -0.330 e. The average Bonchev–Trinajstić information content (AvgIpc) is 2.58. The van der Waals surface area contributed by atoms with Crippen LogP contribution in [0, 0.1) is 5.82 Å². The van der Waals surface area contributed by atoms with E-state index in [2.05, 4.69) is 22.9 Å². The Bertz CT molecular complexity index is 680. The van der Waals surface area contributed by atoms with Crippen LogP contribution in [0.1, 0.15) is 29.9 Å². The van der Waals surface area contributed by atoms with Crippen molar-refractivity contribution in [3.05, 3.63) is 59.4 Å². The van der Waals surface area contributed by atoms with Gasteiger partial charge in [-0.1, -0.05) is 12.1 Å². The van der Waals surface area contributed by atoms with Gasteiger partial charge in [0, 0.05) is 6.07 Å². The quantitative estimate of drug-likeness (QED) is 0.819. The summed E-state index contributed by atoms with van der Waals surface area (Å²) in [5.41, 5.74) is 9.60. The molecule has 0 saturated carbocycles. The van der Waals surface area contributed by atoms with E-state index in [0.717, 1.165) is 17.0 Å². The van der Waals surface area contributed by atoms with E-state index in [1.807, 2.05) is 6.07 Å². The van der Waals surface area contributed by atoms with Gasteiger partial charge >= 0.3 is 11.4 Å². The zero-order valence-corrected chi connectivity index (χ0v) is 14.0. The molecule has 0 radical (unpaired) electrons. The maximum Gasteiger partial charge on any atom is 0.305 e. The van der Waals surface area contributed by atoms with E-state index >= 15 is 0 Å². The van der Waals surface area contributed by atoms with Crippen LogP contribution in [0.5, 0.6) is 0 Å². The molecule has 3 nitrogen and oxygen atoms in total. The van der Waals surface area contributed by atoms with Crippen LogP contribution in [-0.4, -0.2) is 13.7 Å². The Morgan fingerprint density at radius 2 is 2.17 bits per heavy atom. The van der Waals surface area contributed by atoms with Crippen molar-refractivity contribution in [1.29, 1.82) is 0 Å². The summed E-state index contributed by atoms with van der Waals surface area (Å²) >= 11 is -0.682. The van der Waals surface area contributed by atoms with Crippen molar-refractivity contribution in [1.82, 2.24) is 0 Å². The second-order valence-electron chi connectivity index (χ2n) is 5.73. The molecular formula is C18H22FN2OS+. The first-order chi connectivity index (χ1) is 11.2. The molecule has 122 valence electrons. The summed E-state index contributed by atoms with van der Waals surface area (Å²) in [6.07, 6.45) is 3.43. The SMILES string of the molecule is CO[S+](Nc1ccc2c(c1)CCC[C@H]2CN)c1cccc(F)c1. The summed E-state index contributed by atoms with van der Waals surface area (Å²) in [5.74, 6) is 0.215. The van der Waals surface area contributed by atoms with Gasteiger partial charge in [0.1, 0.15) is 5.82 Å². The lowest BCUT2D eigenvalue weighted by Gasteiger charge is -2.24. The number of nitrogens with two attached hydrogens (primary N) is 1. The molecule has 0 fully saturated rings. The predicted molar refractivity (Wildman–Crippen MR) is 93.8 cm³/mol. The Labute approximate surface area is 139 Å². The lowest BCUT2D eigenvalue weighted by molar-refractivity contribution is 0.475. The molecule has 23 heavy (non-hydrogen) atoms. The second kappa shape index (κ2) is 7.34. The smallest absolute Gasteiger partial charge is 0.305 e. The topological polar surface area (TPSA) is 47.3 Å². The van der Waals surface area contributed by atoms with E-state index < -0.39 is 11.4 Å². The molecule has 0 saturated heterocycles. The number of aryl methyl sites for hydroxylation is 1. The average molecular weight is 333 g/mol. The lowest BCUT2D eigenvalue weighted by atomic mass is 9.83. The van der Waals surface area contributed by atoms with Gasteiger partial charge in [-0.25, -0.2) is 4.39 Å². The molecule has 1 unspecified atom stereocenters. The molecule has 2 aromatic rings. The largest absolute Gasteiger partial charge is 0.330 e. The highest BCUT2D eigenvalue weighted by molar-refractivity contribution is 7.93. The van der Waals surface area contributed by atoms with Crippen molar-refractivity contribution in [3.8, 4) is 0 Å². The van der Waals surface area contributed by atoms with Gasteiger partial charge in [0.05, 0.1) is 12.8 Å². The molecule has 0 aromatic heterocycles. The molecule has 1 aliphatic carbocycles. The summed E-state index contributed by atoms with van der Waals surface area (Å²) in [4.78, 5) is 0.796. The number of halogens is 1. The number of rotatable bonds is 5. The molecule has 0 bridgehead atoms. The number of benzene rings is 2. The molecule has 3 N–H and O–H groups in total. The maximum absolute atomic E-state index is 13.4.